The van der Waals surface area contributed by atoms with Crippen molar-refractivity contribution in [2.75, 3.05) is 27.4 Å². The van der Waals surface area contributed by atoms with Gasteiger partial charge >= 0.3 is 5.97 Å². The molecular weight excluding hydrogens is 452 g/mol. The molecule has 1 aromatic rings. The van der Waals surface area contributed by atoms with Crippen molar-refractivity contribution in [2.24, 2.45) is 0 Å². The van der Waals surface area contributed by atoms with Crippen LogP contribution in [0.1, 0.15) is 12.5 Å². The quantitative estimate of drug-likeness (QED) is 0.450. The fourth-order valence-corrected chi connectivity index (χ4v) is 4.59. The monoisotopic (exact) mass is 484 g/mol. The van der Waals surface area contributed by atoms with Crippen LogP contribution in [0.15, 0.2) is 30.3 Å². The fourth-order valence-electron chi connectivity index (χ4n) is 4.59. The van der Waals surface area contributed by atoms with Crippen LogP contribution in [0.3, 0.4) is 0 Å². The number of fused-ring (bicyclic) bond motifs is 2. The minimum absolute atomic E-state index is 0.197. The van der Waals surface area contributed by atoms with Gasteiger partial charge in [-0.25, -0.2) is 0 Å². The lowest BCUT2D eigenvalue weighted by Crippen LogP contribution is -2.64. The number of esters is 1. The summed E-state index contributed by atoms with van der Waals surface area (Å²) < 4.78 is 46.5. The average Bonchev–Trinajstić information content (AvgIpc) is 3.27. The van der Waals surface area contributed by atoms with Gasteiger partial charge in [-0.05, 0) is 5.56 Å². The molecule has 190 valence electrons. The third kappa shape index (κ3) is 5.27. The third-order valence-electron chi connectivity index (χ3n) is 6.24. The Balaban J connectivity index is 1.56. The number of aliphatic hydroxyl groups excluding tert-OH is 2. The van der Waals surface area contributed by atoms with Crippen molar-refractivity contribution in [3.63, 3.8) is 0 Å². The van der Waals surface area contributed by atoms with Crippen LogP contribution in [-0.4, -0.2) is 105 Å². The first kappa shape index (κ1) is 25.4. The van der Waals surface area contributed by atoms with E-state index >= 15 is 0 Å². The molecule has 11 nitrogen and oxygen atoms in total. The van der Waals surface area contributed by atoms with Gasteiger partial charge in [-0.2, -0.15) is 0 Å². The summed E-state index contributed by atoms with van der Waals surface area (Å²) in [6, 6.07) is 9.54. The van der Waals surface area contributed by atoms with Crippen molar-refractivity contribution >= 4 is 5.97 Å². The second kappa shape index (κ2) is 11.4. The molecule has 0 aliphatic carbocycles. The number of methoxy groups -OCH3 is 2. The first-order chi connectivity index (χ1) is 16.5. The SMILES string of the molecule is CO[C@H]1[C@H](O[C@H]2[C@H](OC(C)=O)[C@@H](OCc3ccccc3)[C@@H]3OC[C@@H]2O3)O[C@H](CO)[C@@H](O)[C@@H]1OC. The van der Waals surface area contributed by atoms with E-state index in [4.69, 9.17) is 37.9 Å². The highest BCUT2D eigenvalue weighted by molar-refractivity contribution is 5.66. The number of ether oxygens (including phenoxy) is 8. The molecule has 11 heteroatoms. The average molecular weight is 484 g/mol. The zero-order valence-corrected chi connectivity index (χ0v) is 19.4. The number of carbonyl (C=O) groups is 1. The molecule has 0 saturated carbocycles. The Bertz CT molecular complexity index is 792. The molecule has 10 atom stereocenters. The summed E-state index contributed by atoms with van der Waals surface area (Å²) >= 11 is 0. The maximum Gasteiger partial charge on any atom is 0.303 e. The van der Waals surface area contributed by atoms with Crippen LogP contribution in [0.5, 0.6) is 0 Å². The van der Waals surface area contributed by atoms with Crippen LogP contribution in [0.2, 0.25) is 0 Å². The lowest BCUT2D eigenvalue weighted by atomic mass is 9.97. The topological polar surface area (TPSA) is 131 Å². The molecule has 0 spiro atoms. The predicted molar refractivity (Wildman–Crippen MR) is 113 cm³/mol. The van der Waals surface area contributed by atoms with Crippen LogP contribution in [0.4, 0.5) is 0 Å². The Morgan fingerprint density at radius 3 is 2.41 bits per heavy atom. The minimum Gasteiger partial charge on any atom is -0.457 e. The van der Waals surface area contributed by atoms with Crippen LogP contribution < -0.4 is 0 Å². The lowest BCUT2D eigenvalue weighted by Gasteiger charge is -2.46. The van der Waals surface area contributed by atoms with E-state index in [2.05, 4.69) is 0 Å². The Hall–Kier alpha value is -1.67. The summed E-state index contributed by atoms with van der Waals surface area (Å²) in [5, 5.41) is 20.2. The Morgan fingerprint density at radius 2 is 1.76 bits per heavy atom. The lowest BCUT2D eigenvalue weighted by molar-refractivity contribution is -0.345. The van der Waals surface area contributed by atoms with E-state index in [1.54, 1.807) is 0 Å². The predicted octanol–water partition coefficient (Wildman–Crippen LogP) is -0.248. The summed E-state index contributed by atoms with van der Waals surface area (Å²) in [5.41, 5.74) is 0.930. The highest BCUT2D eigenvalue weighted by Crippen LogP contribution is 2.37. The van der Waals surface area contributed by atoms with Gasteiger partial charge in [0.15, 0.2) is 18.7 Å². The molecule has 2 bridgehead atoms. The van der Waals surface area contributed by atoms with Gasteiger partial charge < -0.3 is 48.1 Å². The molecule has 3 heterocycles. The van der Waals surface area contributed by atoms with Crippen LogP contribution in [0.25, 0.3) is 0 Å². The van der Waals surface area contributed by atoms with Gasteiger partial charge in [-0.1, -0.05) is 30.3 Å². The number of benzene rings is 1. The maximum absolute atomic E-state index is 12.0. The minimum atomic E-state index is -1.13. The number of hydrogen-bond acceptors (Lipinski definition) is 11. The summed E-state index contributed by atoms with van der Waals surface area (Å²) in [6.07, 6.45) is -8.57. The molecule has 3 fully saturated rings. The maximum atomic E-state index is 12.0. The Kier molecular flexibility index (Phi) is 8.51. The molecule has 0 radical (unpaired) electrons. The summed E-state index contributed by atoms with van der Waals surface area (Å²) in [6.45, 7) is 1.29. The smallest absolute Gasteiger partial charge is 0.303 e. The molecule has 0 amide bonds. The largest absolute Gasteiger partial charge is 0.457 e. The Morgan fingerprint density at radius 1 is 1.03 bits per heavy atom. The van der Waals surface area contributed by atoms with E-state index < -0.39 is 74.0 Å². The summed E-state index contributed by atoms with van der Waals surface area (Å²) in [5.74, 6) is -0.514. The van der Waals surface area contributed by atoms with Gasteiger partial charge in [0.2, 0.25) is 0 Å². The zero-order valence-electron chi connectivity index (χ0n) is 19.4. The first-order valence-corrected chi connectivity index (χ1v) is 11.2. The van der Waals surface area contributed by atoms with Gasteiger partial charge in [-0.15, -0.1) is 0 Å². The van der Waals surface area contributed by atoms with E-state index in [1.165, 1.54) is 21.1 Å². The molecule has 3 aliphatic heterocycles. The van der Waals surface area contributed by atoms with E-state index in [9.17, 15) is 15.0 Å². The van der Waals surface area contributed by atoms with Crippen LogP contribution in [-0.2, 0) is 49.3 Å². The molecule has 3 aliphatic rings. The van der Waals surface area contributed by atoms with Crippen molar-refractivity contribution in [1.29, 1.82) is 0 Å². The van der Waals surface area contributed by atoms with Crippen LogP contribution >= 0.6 is 0 Å². The van der Waals surface area contributed by atoms with Gasteiger partial charge in [-0.3, -0.25) is 4.79 Å². The van der Waals surface area contributed by atoms with Crippen molar-refractivity contribution in [3.05, 3.63) is 35.9 Å². The van der Waals surface area contributed by atoms with Gasteiger partial charge in [0, 0.05) is 21.1 Å². The van der Waals surface area contributed by atoms with Crippen molar-refractivity contribution < 1.29 is 52.9 Å². The standard InChI is InChI=1S/C23H32O11/c1-12(25)31-19-17(34-23-20(28-3)18(27-2)16(26)14(9-24)32-23)15-11-30-22(33-15)21(19)29-10-13-7-5-4-6-8-13/h4-8,14-24,26H,9-11H2,1-3H3/t14-,15+,16-,17-,18+,19+,20-,21-,22-,23+/m1/s1. The second-order valence-electron chi connectivity index (χ2n) is 8.43. The zero-order chi connectivity index (χ0) is 24.2. The highest BCUT2D eigenvalue weighted by atomic mass is 16.8. The van der Waals surface area contributed by atoms with Gasteiger partial charge in [0.25, 0.3) is 0 Å². The van der Waals surface area contributed by atoms with E-state index in [0.717, 1.165) is 5.56 Å². The second-order valence-corrected chi connectivity index (χ2v) is 8.43. The number of rotatable bonds is 9. The molecule has 0 aromatic heterocycles. The van der Waals surface area contributed by atoms with E-state index in [-0.39, 0.29) is 13.2 Å². The number of carbonyl (C=O) groups excluding carboxylic acids is 1. The van der Waals surface area contributed by atoms with Crippen molar-refractivity contribution in [3.8, 4) is 0 Å². The fraction of sp³-hybridized carbons (Fsp3) is 0.696. The Labute approximate surface area is 197 Å². The number of aliphatic hydroxyl groups is 2. The third-order valence-corrected chi connectivity index (χ3v) is 6.24. The van der Waals surface area contributed by atoms with Crippen LogP contribution in [0, 0.1) is 0 Å². The molecule has 0 unspecified atom stereocenters. The number of hydrogen-bond donors (Lipinski definition) is 2. The van der Waals surface area contributed by atoms with Crippen molar-refractivity contribution in [1.82, 2.24) is 0 Å². The molecular formula is C23H32O11. The normalized spacial score (nSPS) is 39.7. The summed E-state index contributed by atoms with van der Waals surface area (Å²) in [7, 11) is 2.86. The van der Waals surface area contributed by atoms with Gasteiger partial charge in [0.1, 0.15) is 42.7 Å². The van der Waals surface area contributed by atoms with E-state index in [0.29, 0.717) is 0 Å². The highest BCUT2D eigenvalue weighted by Gasteiger charge is 2.56. The molecule has 2 N–H and O–H groups in total. The molecule has 34 heavy (non-hydrogen) atoms. The van der Waals surface area contributed by atoms with Crippen molar-refractivity contribution in [2.45, 2.75) is 74.9 Å². The van der Waals surface area contributed by atoms with E-state index in [1.807, 2.05) is 30.3 Å². The molecule has 3 saturated heterocycles. The van der Waals surface area contributed by atoms with Gasteiger partial charge in [0.05, 0.1) is 19.8 Å². The molecule has 1 aromatic carbocycles. The first-order valence-electron chi connectivity index (χ1n) is 11.2. The summed E-state index contributed by atoms with van der Waals surface area (Å²) in [4.78, 5) is 12.0. The molecule has 4 rings (SSSR count).